The maximum absolute atomic E-state index is 11.7. The third kappa shape index (κ3) is 18.8. The average Bonchev–Trinajstić information content (AvgIpc) is 2.63. The van der Waals surface area contributed by atoms with Crippen molar-refractivity contribution in [1.29, 1.82) is 0 Å². The molecule has 0 aliphatic heterocycles. The van der Waals surface area contributed by atoms with E-state index in [4.69, 9.17) is 4.74 Å². The molecule has 0 spiro atoms. The van der Waals surface area contributed by atoms with Gasteiger partial charge in [-0.2, -0.15) is 0 Å². The molecule has 2 nitrogen and oxygen atoms in total. The highest BCUT2D eigenvalue weighted by molar-refractivity contribution is 14.1. The zero-order valence-electron chi connectivity index (χ0n) is 20.4. The molecule has 5 heteroatoms. The van der Waals surface area contributed by atoms with E-state index in [1.807, 2.05) is 58.9 Å². The van der Waals surface area contributed by atoms with Crippen molar-refractivity contribution in [3.8, 4) is 23.3 Å². The molecule has 0 heterocycles. The second-order valence-electron chi connectivity index (χ2n) is 9.49. The summed E-state index contributed by atoms with van der Waals surface area (Å²) in [6, 6.07) is 7.94. The Morgan fingerprint density at radius 1 is 1.03 bits per heavy atom. The van der Waals surface area contributed by atoms with Gasteiger partial charge < -0.3 is 4.74 Å². The summed E-state index contributed by atoms with van der Waals surface area (Å²) in [5.41, 5.74) is 3.90. The number of hydrogen-bond acceptors (Lipinski definition) is 2. The minimum Gasteiger partial charge on any atom is -0.460 e. The monoisotopic (exact) mass is 632 g/mol. The Morgan fingerprint density at radius 2 is 1.53 bits per heavy atom. The summed E-state index contributed by atoms with van der Waals surface area (Å²) in [7, 11) is -1.02. The Morgan fingerprint density at radius 3 is 1.88 bits per heavy atom. The van der Waals surface area contributed by atoms with Crippen LogP contribution in [-0.4, -0.2) is 23.6 Å². The van der Waals surface area contributed by atoms with Crippen LogP contribution in [0.15, 0.2) is 28.7 Å². The van der Waals surface area contributed by atoms with Gasteiger partial charge in [0.15, 0.2) is 0 Å². The lowest BCUT2D eigenvalue weighted by atomic mass is 9.89. The predicted octanol–water partition coefficient (Wildman–Crippen LogP) is 8.67. The van der Waals surface area contributed by atoms with Gasteiger partial charge in [0.05, 0.1) is 5.92 Å². The Balaban J connectivity index is 0. The van der Waals surface area contributed by atoms with Crippen molar-refractivity contribution >= 4 is 52.6 Å². The van der Waals surface area contributed by atoms with Gasteiger partial charge in [0.2, 0.25) is 0 Å². The van der Waals surface area contributed by atoms with Gasteiger partial charge in [-0.3, -0.25) is 4.79 Å². The minimum atomic E-state index is -1.02. The molecule has 0 radical (unpaired) electrons. The molecule has 0 bridgehead atoms. The van der Waals surface area contributed by atoms with Crippen LogP contribution in [0.2, 0.25) is 19.6 Å². The number of alkyl halides is 1. The van der Waals surface area contributed by atoms with E-state index in [0.29, 0.717) is 0 Å². The number of rotatable bonds is 1. The van der Waals surface area contributed by atoms with Gasteiger partial charge in [-0.15, -0.1) is 17.4 Å². The van der Waals surface area contributed by atoms with E-state index in [2.05, 4.69) is 81.5 Å². The Bertz CT molecular complexity index is 776. The first-order valence-corrected chi connectivity index (χ1v) is 16.3. The molecule has 1 saturated carbocycles. The van der Waals surface area contributed by atoms with Crippen LogP contribution < -0.4 is 0 Å². The molecule has 32 heavy (non-hydrogen) atoms. The average molecular weight is 634 g/mol. The molecular formula is C27H42BrIO2Si. The third-order valence-electron chi connectivity index (χ3n) is 4.01. The lowest BCUT2D eigenvalue weighted by Crippen LogP contribution is -2.31. The number of benzene rings is 1. The number of carbonyl (C=O) groups excluding carboxylic acids is 1. The van der Waals surface area contributed by atoms with Crippen molar-refractivity contribution in [2.45, 2.75) is 96.9 Å². The van der Waals surface area contributed by atoms with Crippen molar-refractivity contribution in [3.05, 3.63) is 34.3 Å². The summed E-state index contributed by atoms with van der Waals surface area (Å²) in [6.07, 6.45) is 4.32. The van der Waals surface area contributed by atoms with Crippen LogP contribution in [0, 0.1) is 29.2 Å². The summed E-state index contributed by atoms with van der Waals surface area (Å²) in [5, 5.41) is 0. The quantitative estimate of drug-likeness (QED) is 0.102. The van der Waals surface area contributed by atoms with E-state index in [9.17, 15) is 4.79 Å². The Hall–Kier alpha value is -0.763. The molecule has 1 aromatic rings. The van der Waals surface area contributed by atoms with Crippen LogP contribution in [0.5, 0.6) is 0 Å². The zero-order chi connectivity index (χ0) is 24.1. The predicted molar refractivity (Wildman–Crippen MR) is 156 cm³/mol. The molecule has 0 N–H and O–H groups in total. The third-order valence-corrected chi connectivity index (χ3v) is 6.78. The largest absolute Gasteiger partial charge is 0.460 e. The first-order chi connectivity index (χ1) is 14.3. The van der Waals surface area contributed by atoms with Crippen molar-refractivity contribution < 1.29 is 9.53 Å². The summed E-state index contributed by atoms with van der Waals surface area (Å²) < 4.78 is 7.22. The molecule has 1 aromatic carbocycles. The number of carbonyl (C=O) groups is 1. The van der Waals surface area contributed by atoms with Gasteiger partial charge in [0.1, 0.15) is 13.7 Å². The highest BCUT2D eigenvalue weighted by atomic mass is 127. The van der Waals surface area contributed by atoms with Crippen molar-refractivity contribution in [1.82, 2.24) is 0 Å². The molecule has 0 atom stereocenters. The number of esters is 1. The van der Waals surface area contributed by atoms with Crippen molar-refractivity contribution in [2.24, 2.45) is 5.92 Å². The molecule has 0 aromatic heterocycles. The topological polar surface area (TPSA) is 26.3 Å². The van der Waals surface area contributed by atoms with Gasteiger partial charge in [-0.05, 0) is 84.6 Å². The molecule has 180 valence electrons. The van der Waals surface area contributed by atoms with Crippen LogP contribution in [0.1, 0.15) is 73.3 Å². The van der Waals surface area contributed by atoms with Gasteiger partial charge in [-0.25, -0.2) is 0 Å². The van der Waals surface area contributed by atoms with E-state index >= 15 is 0 Å². The molecular weight excluding hydrogens is 591 g/mol. The van der Waals surface area contributed by atoms with Crippen molar-refractivity contribution in [3.63, 3.8) is 0 Å². The molecule has 1 aliphatic rings. The standard InChI is InChI=1S/C11H19IO2.C9H7Br.C6H12Si.CH4/c1-11(2,3)14-10(13)8-4-6-9(12)7-5-8;1-2-3-8-4-6-9(10)7-5-8;1-5-6-7(2,3)4;/h8-9H,4-7H2,1-3H3;4-7H,1H3;1-4H3;1H4. The lowest BCUT2D eigenvalue weighted by Gasteiger charge is -2.27. The SMILES string of the molecule is C.CC#C[Si](C)(C)C.CC#Cc1ccc(Br)cc1.CC(C)(C)OC(=O)C1CCC(I)CC1. The molecule has 0 unspecified atom stereocenters. The zero-order valence-corrected chi connectivity index (χ0v) is 25.1. The fourth-order valence-electron chi connectivity index (χ4n) is 2.73. The second kappa shape index (κ2) is 16.8. The smallest absolute Gasteiger partial charge is 0.309 e. The van der Waals surface area contributed by atoms with E-state index < -0.39 is 8.07 Å². The number of hydrogen-bond donors (Lipinski definition) is 0. The maximum Gasteiger partial charge on any atom is 0.309 e. The van der Waals surface area contributed by atoms with Crippen LogP contribution in [0.3, 0.4) is 0 Å². The summed E-state index contributed by atoms with van der Waals surface area (Å²) >= 11 is 5.81. The molecule has 0 amide bonds. The minimum absolute atomic E-state index is 0. The highest BCUT2D eigenvalue weighted by Gasteiger charge is 2.28. The fraction of sp³-hybridized carbons (Fsp3) is 0.593. The highest BCUT2D eigenvalue weighted by Crippen LogP contribution is 2.30. The second-order valence-corrected chi connectivity index (χ2v) is 16.9. The van der Waals surface area contributed by atoms with Crippen LogP contribution >= 0.6 is 38.5 Å². The van der Waals surface area contributed by atoms with Crippen molar-refractivity contribution in [2.75, 3.05) is 0 Å². The lowest BCUT2D eigenvalue weighted by molar-refractivity contribution is -0.161. The molecule has 1 fully saturated rings. The fourth-order valence-corrected chi connectivity index (χ4v) is 4.46. The van der Waals surface area contributed by atoms with Gasteiger partial charge in [0, 0.05) is 14.0 Å². The van der Waals surface area contributed by atoms with Crippen LogP contribution in [0.25, 0.3) is 0 Å². The van der Waals surface area contributed by atoms with Gasteiger partial charge in [-0.1, -0.05) is 71.5 Å². The Labute approximate surface area is 221 Å². The van der Waals surface area contributed by atoms with Gasteiger partial charge >= 0.3 is 5.97 Å². The van der Waals surface area contributed by atoms with Crippen LogP contribution in [-0.2, 0) is 9.53 Å². The van der Waals surface area contributed by atoms with E-state index in [1.54, 1.807) is 0 Å². The van der Waals surface area contributed by atoms with E-state index in [1.165, 1.54) is 0 Å². The first kappa shape index (κ1) is 33.4. The molecule has 2 rings (SSSR count). The summed E-state index contributed by atoms with van der Waals surface area (Å²) in [6.45, 7) is 16.2. The summed E-state index contributed by atoms with van der Waals surface area (Å²) in [5.74, 6) is 8.88. The maximum atomic E-state index is 11.7. The molecule has 0 saturated heterocycles. The number of halogens is 2. The van der Waals surface area contributed by atoms with E-state index in [0.717, 1.165) is 39.6 Å². The van der Waals surface area contributed by atoms with Gasteiger partial charge in [0.25, 0.3) is 0 Å². The van der Waals surface area contributed by atoms with Crippen LogP contribution in [0.4, 0.5) is 0 Å². The summed E-state index contributed by atoms with van der Waals surface area (Å²) in [4.78, 5) is 11.7. The first-order valence-electron chi connectivity index (χ1n) is 10.8. The Kier molecular flexibility index (Phi) is 17.5. The van der Waals surface area contributed by atoms with E-state index in [-0.39, 0.29) is 24.9 Å². The number of ether oxygens (including phenoxy) is 1. The normalized spacial score (nSPS) is 17.2. The molecule has 1 aliphatic carbocycles.